The first-order valence-corrected chi connectivity index (χ1v) is 5.74. The van der Waals surface area contributed by atoms with E-state index < -0.39 is 5.41 Å². The molecule has 92 valence electrons. The van der Waals surface area contributed by atoms with Crippen LogP contribution in [0.3, 0.4) is 0 Å². The maximum absolute atomic E-state index is 11.9. The van der Waals surface area contributed by atoms with Crippen molar-refractivity contribution in [3.63, 3.8) is 0 Å². The Bertz CT molecular complexity index is 301. The van der Waals surface area contributed by atoms with Gasteiger partial charge >= 0.3 is 0 Å². The molecule has 0 radical (unpaired) electrons. The van der Waals surface area contributed by atoms with Crippen molar-refractivity contribution >= 4 is 11.8 Å². The number of primary amides is 1. The minimum Gasteiger partial charge on any atom is -0.369 e. The van der Waals surface area contributed by atoms with Crippen molar-refractivity contribution in [3.8, 4) is 0 Å². The van der Waals surface area contributed by atoms with E-state index in [-0.39, 0.29) is 23.1 Å². The summed E-state index contributed by atoms with van der Waals surface area (Å²) < 4.78 is 0. The van der Waals surface area contributed by atoms with E-state index in [1.807, 2.05) is 0 Å². The Morgan fingerprint density at radius 3 is 2.12 bits per heavy atom. The lowest BCUT2D eigenvalue weighted by atomic mass is 9.76. The summed E-state index contributed by atoms with van der Waals surface area (Å²) in [6.07, 6.45) is 2.18. The van der Waals surface area contributed by atoms with E-state index in [2.05, 4.69) is 26.1 Å². The number of nitrogens with two attached hydrogens (primary N) is 1. The minimum absolute atomic E-state index is 0.0161. The molecule has 16 heavy (non-hydrogen) atoms. The topological polar surface area (TPSA) is 72.2 Å². The number of carbonyl (C=O) groups is 2. The molecule has 0 aromatic heterocycles. The normalized spacial score (nSPS) is 20.0. The molecule has 1 fully saturated rings. The minimum atomic E-state index is -0.576. The Balaban J connectivity index is 2.89. The third-order valence-electron chi connectivity index (χ3n) is 3.33. The first-order chi connectivity index (χ1) is 7.23. The molecule has 2 amide bonds. The number of carbonyl (C=O) groups excluding carboxylic acids is 2. The summed E-state index contributed by atoms with van der Waals surface area (Å²) in [4.78, 5) is 23.3. The lowest BCUT2D eigenvalue weighted by molar-refractivity contribution is -0.135. The number of amides is 2. The predicted octanol–water partition coefficient (Wildman–Crippen LogP) is 1.05. The molecule has 4 heteroatoms. The molecule has 1 unspecified atom stereocenters. The molecule has 0 bridgehead atoms. The van der Waals surface area contributed by atoms with E-state index in [1.54, 1.807) is 7.05 Å². The predicted molar refractivity (Wildman–Crippen MR) is 62.5 cm³/mol. The Morgan fingerprint density at radius 2 is 1.88 bits per heavy atom. The monoisotopic (exact) mass is 226 g/mol. The van der Waals surface area contributed by atoms with Crippen molar-refractivity contribution in [3.05, 3.63) is 0 Å². The van der Waals surface area contributed by atoms with Crippen LogP contribution in [-0.4, -0.2) is 18.9 Å². The van der Waals surface area contributed by atoms with Crippen LogP contribution in [0.4, 0.5) is 0 Å². The average molecular weight is 226 g/mol. The lowest BCUT2D eigenvalue weighted by Gasteiger charge is -2.29. The zero-order valence-electron chi connectivity index (χ0n) is 10.6. The number of hydrogen-bond donors (Lipinski definition) is 2. The molecule has 1 saturated carbocycles. The van der Waals surface area contributed by atoms with Gasteiger partial charge in [0.05, 0.1) is 11.3 Å². The van der Waals surface area contributed by atoms with E-state index in [1.165, 1.54) is 0 Å². The zero-order valence-corrected chi connectivity index (χ0v) is 10.6. The van der Waals surface area contributed by atoms with Crippen LogP contribution >= 0.6 is 0 Å². The van der Waals surface area contributed by atoms with Crippen molar-refractivity contribution in [1.29, 1.82) is 0 Å². The highest BCUT2D eigenvalue weighted by molar-refractivity contribution is 5.91. The molecule has 4 nitrogen and oxygen atoms in total. The van der Waals surface area contributed by atoms with Gasteiger partial charge in [0, 0.05) is 7.05 Å². The second-order valence-corrected chi connectivity index (χ2v) is 5.95. The Labute approximate surface area is 97.0 Å². The summed E-state index contributed by atoms with van der Waals surface area (Å²) in [5, 5.41) is 2.64. The van der Waals surface area contributed by atoms with Gasteiger partial charge < -0.3 is 11.1 Å². The molecule has 3 N–H and O–H groups in total. The highest BCUT2D eigenvalue weighted by atomic mass is 16.2. The van der Waals surface area contributed by atoms with Crippen LogP contribution in [0, 0.1) is 16.7 Å². The maximum Gasteiger partial charge on any atom is 0.224 e. The van der Waals surface area contributed by atoms with Gasteiger partial charge in [0.2, 0.25) is 11.8 Å². The summed E-state index contributed by atoms with van der Waals surface area (Å²) in [5.74, 6) is -0.674. The second-order valence-electron chi connectivity index (χ2n) is 5.95. The largest absolute Gasteiger partial charge is 0.369 e. The van der Waals surface area contributed by atoms with Gasteiger partial charge in [-0.25, -0.2) is 0 Å². The maximum atomic E-state index is 11.9. The quantitative estimate of drug-likeness (QED) is 0.752. The van der Waals surface area contributed by atoms with Crippen molar-refractivity contribution in [2.75, 3.05) is 7.05 Å². The van der Waals surface area contributed by atoms with Gasteiger partial charge in [0.25, 0.3) is 0 Å². The van der Waals surface area contributed by atoms with Crippen LogP contribution in [0.1, 0.15) is 40.0 Å². The summed E-state index contributed by atoms with van der Waals surface area (Å²) in [6.45, 7) is 6.21. The summed E-state index contributed by atoms with van der Waals surface area (Å²) in [6, 6.07) is 0. The summed E-state index contributed by atoms with van der Waals surface area (Å²) in [5.41, 5.74) is 4.87. The van der Waals surface area contributed by atoms with Crippen LogP contribution in [0.25, 0.3) is 0 Å². The summed E-state index contributed by atoms with van der Waals surface area (Å²) in [7, 11) is 1.61. The highest BCUT2D eigenvalue weighted by Gasteiger charge is 2.57. The first kappa shape index (κ1) is 13.0. The molecule has 0 aromatic rings. The molecule has 0 aliphatic heterocycles. The Kier molecular flexibility index (Phi) is 3.31. The fourth-order valence-corrected chi connectivity index (χ4v) is 2.23. The van der Waals surface area contributed by atoms with E-state index >= 15 is 0 Å². The Hall–Kier alpha value is -1.06. The van der Waals surface area contributed by atoms with Crippen LogP contribution < -0.4 is 11.1 Å². The van der Waals surface area contributed by atoms with E-state index in [0.717, 1.165) is 12.8 Å². The SMILES string of the molecule is CNC(=O)C(CC(C)(C)C)C1(C(N)=O)CC1. The molecule has 1 atom stereocenters. The lowest BCUT2D eigenvalue weighted by Crippen LogP contribution is -2.42. The van der Waals surface area contributed by atoms with E-state index in [4.69, 9.17) is 5.73 Å². The van der Waals surface area contributed by atoms with Gasteiger partial charge in [-0.15, -0.1) is 0 Å². The van der Waals surface area contributed by atoms with Gasteiger partial charge in [0.15, 0.2) is 0 Å². The van der Waals surface area contributed by atoms with Gasteiger partial charge in [-0.1, -0.05) is 20.8 Å². The van der Waals surface area contributed by atoms with Crippen LogP contribution in [0.5, 0.6) is 0 Å². The highest BCUT2D eigenvalue weighted by Crippen LogP contribution is 2.54. The molecule has 1 aliphatic rings. The van der Waals surface area contributed by atoms with E-state index in [0.29, 0.717) is 6.42 Å². The van der Waals surface area contributed by atoms with Gasteiger partial charge in [-0.2, -0.15) is 0 Å². The second kappa shape index (κ2) is 4.07. The number of hydrogen-bond acceptors (Lipinski definition) is 2. The fourth-order valence-electron chi connectivity index (χ4n) is 2.23. The molecule has 1 rings (SSSR count). The van der Waals surface area contributed by atoms with Crippen LogP contribution in [0.2, 0.25) is 0 Å². The van der Waals surface area contributed by atoms with Gasteiger partial charge in [-0.3, -0.25) is 9.59 Å². The standard InChI is InChI=1S/C12H22N2O2/c1-11(2,3)7-8(9(15)14-4)12(5-6-12)10(13)16/h8H,5-7H2,1-4H3,(H2,13,16)(H,14,15). The first-order valence-electron chi connectivity index (χ1n) is 5.74. The zero-order chi connectivity index (χ0) is 12.6. The molecule has 0 saturated heterocycles. The number of rotatable bonds is 4. The molecular weight excluding hydrogens is 204 g/mol. The van der Waals surface area contributed by atoms with Crippen molar-refractivity contribution < 1.29 is 9.59 Å². The molecular formula is C12H22N2O2. The van der Waals surface area contributed by atoms with Crippen LogP contribution in [-0.2, 0) is 9.59 Å². The fraction of sp³-hybridized carbons (Fsp3) is 0.833. The smallest absolute Gasteiger partial charge is 0.224 e. The molecule has 0 aromatic carbocycles. The number of nitrogens with one attached hydrogen (secondary N) is 1. The molecule has 0 heterocycles. The van der Waals surface area contributed by atoms with E-state index in [9.17, 15) is 9.59 Å². The van der Waals surface area contributed by atoms with Crippen molar-refractivity contribution in [2.24, 2.45) is 22.5 Å². The van der Waals surface area contributed by atoms with Crippen molar-refractivity contribution in [2.45, 2.75) is 40.0 Å². The molecule has 0 spiro atoms. The van der Waals surface area contributed by atoms with Gasteiger partial charge in [0.1, 0.15) is 0 Å². The van der Waals surface area contributed by atoms with Crippen molar-refractivity contribution in [1.82, 2.24) is 5.32 Å². The van der Waals surface area contributed by atoms with Crippen LogP contribution in [0.15, 0.2) is 0 Å². The molecule has 1 aliphatic carbocycles. The summed E-state index contributed by atoms with van der Waals surface area (Å²) >= 11 is 0. The van der Waals surface area contributed by atoms with Gasteiger partial charge in [-0.05, 0) is 24.7 Å². The third kappa shape index (κ3) is 2.54. The third-order valence-corrected chi connectivity index (χ3v) is 3.33. The Morgan fingerprint density at radius 1 is 1.38 bits per heavy atom. The average Bonchev–Trinajstić information content (AvgIpc) is 2.92.